The minimum Gasteiger partial charge on any atom is -0.382 e. The lowest BCUT2D eigenvalue weighted by atomic mass is 10.2. The molecule has 0 aliphatic carbocycles. The Labute approximate surface area is 146 Å². The number of nitrogens with one attached hydrogen (secondary N) is 1. The van der Waals surface area contributed by atoms with Crippen LogP contribution < -0.4 is 5.32 Å². The standard InChI is InChI=1S/C18H33N5O/c1-4-5-9-22-11-13-23(14-12-22)18(24)15-21(3)10-6-17-16(2)19-7-8-20-17/h7,20H,4-6,8-15H2,1-3H3. The van der Waals surface area contributed by atoms with Crippen LogP contribution >= 0.6 is 0 Å². The summed E-state index contributed by atoms with van der Waals surface area (Å²) in [5.41, 5.74) is 2.26. The van der Waals surface area contributed by atoms with E-state index in [1.165, 1.54) is 25.1 Å². The third-order valence-electron chi connectivity index (χ3n) is 4.83. The fourth-order valence-electron chi connectivity index (χ4n) is 3.14. The lowest BCUT2D eigenvalue weighted by Crippen LogP contribution is -2.51. The van der Waals surface area contributed by atoms with Crippen LogP contribution in [0.2, 0.25) is 0 Å². The van der Waals surface area contributed by atoms with Crippen molar-refractivity contribution < 1.29 is 4.79 Å². The summed E-state index contributed by atoms with van der Waals surface area (Å²) in [5.74, 6) is 0.257. The van der Waals surface area contributed by atoms with Crippen LogP contribution in [0.1, 0.15) is 33.1 Å². The molecule has 1 fully saturated rings. The molecule has 2 aliphatic heterocycles. The molecule has 0 saturated carbocycles. The van der Waals surface area contributed by atoms with Crippen molar-refractivity contribution in [3.63, 3.8) is 0 Å². The van der Waals surface area contributed by atoms with Gasteiger partial charge in [-0.25, -0.2) is 0 Å². The van der Waals surface area contributed by atoms with Crippen molar-refractivity contribution in [1.82, 2.24) is 20.0 Å². The van der Waals surface area contributed by atoms with Crippen LogP contribution in [0.5, 0.6) is 0 Å². The Morgan fingerprint density at radius 2 is 2.08 bits per heavy atom. The van der Waals surface area contributed by atoms with Gasteiger partial charge in [-0.05, 0) is 26.9 Å². The van der Waals surface area contributed by atoms with Gasteiger partial charge < -0.3 is 10.2 Å². The molecule has 0 aromatic carbocycles. The van der Waals surface area contributed by atoms with Crippen LogP contribution in [0, 0.1) is 0 Å². The summed E-state index contributed by atoms with van der Waals surface area (Å²) in [6.45, 7) is 11.4. The van der Waals surface area contributed by atoms with Gasteiger partial charge in [-0.15, -0.1) is 0 Å². The van der Waals surface area contributed by atoms with E-state index >= 15 is 0 Å². The van der Waals surface area contributed by atoms with E-state index in [4.69, 9.17) is 0 Å². The maximum atomic E-state index is 12.5. The molecule has 1 saturated heterocycles. The Bertz CT molecular complexity index is 466. The molecule has 6 nitrogen and oxygen atoms in total. The monoisotopic (exact) mass is 335 g/mol. The number of nitrogens with zero attached hydrogens (tertiary/aromatic N) is 4. The number of piperazine rings is 1. The molecule has 0 unspecified atom stereocenters. The van der Waals surface area contributed by atoms with Crippen molar-refractivity contribution in [3.8, 4) is 0 Å². The largest absolute Gasteiger partial charge is 0.382 e. The molecule has 136 valence electrons. The summed E-state index contributed by atoms with van der Waals surface area (Å²) in [6, 6.07) is 0. The summed E-state index contributed by atoms with van der Waals surface area (Å²) in [7, 11) is 2.03. The van der Waals surface area contributed by atoms with E-state index in [9.17, 15) is 4.79 Å². The summed E-state index contributed by atoms with van der Waals surface area (Å²) in [6.07, 6.45) is 5.30. The van der Waals surface area contributed by atoms with E-state index in [1.807, 2.05) is 25.1 Å². The molecule has 2 heterocycles. The first-order valence-electron chi connectivity index (χ1n) is 9.25. The minimum absolute atomic E-state index is 0.257. The highest BCUT2D eigenvalue weighted by Crippen LogP contribution is 2.10. The highest BCUT2D eigenvalue weighted by atomic mass is 16.2. The highest BCUT2D eigenvalue weighted by Gasteiger charge is 2.21. The first-order valence-corrected chi connectivity index (χ1v) is 9.25. The highest BCUT2D eigenvalue weighted by molar-refractivity contribution is 5.78. The fourth-order valence-corrected chi connectivity index (χ4v) is 3.14. The normalized spacial score (nSPS) is 19.1. The molecule has 1 amide bonds. The number of amides is 1. The van der Waals surface area contributed by atoms with Gasteiger partial charge in [0.25, 0.3) is 0 Å². The van der Waals surface area contributed by atoms with Crippen molar-refractivity contribution >= 4 is 12.1 Å². The number of likely N-dealkylation sites (N-methyl/N-ethyl adjacent to an activating group) is 1. The first-order chi connectivity index (χ1) is 11.6. The second-order valence-corrected chi connectivity index (χ2v) is 6.82. The van der Waals surface area contributed by atoms with Gasteiger partial charge in [-0.1, -0.05) is 13.3 Å². The third-order valence-corrected chi connectivity index (χ3v) is 4.83. The number of unbranched alkanes of at least 4 members (excludes halogenated alkanes) is 1. The molecular formula is C18H33N5O. The average Bonchev–Trinajstić information content (AvgIpc) is 2.59. The average molecular weight is 335 g/mol. The maximum absolute atomic E-state index is 12.5. The maximum Gasteiger partial charge on any atom is 0.236 e. The number of carbonyl (C=O) groups is 1. The molecule has 0 radical (unpaired) electrons. The smallest absolute Gasteiger partial charge is 0.236 e. The number of aliphatic imine (C=N–C) groups is 1. The van der Waals surface area contributed by atoms with Crippen molar-refractivity contribution in [2.75, 3.05) is 59.4 Å². The first kappa shape index (κ1) is 18.9. The number of hydrogen-bond donors (Lipinski definition) is 1. The Hall–Kier alpha value is -1.40. The molecule has 2 rings (SSSR count). The molecule has 2 aliphatic rings. The van der Waals surface area contributed by atoms with Crippen LogP contribution in [-0.4, -0.2) is 86.2 Å². The zero-order valence-corrected chi connectivity index (χ0v) is 15.6. The van der Waals surface area contributed by atoms with E-state index in [2.05, 4.69) is 27.0 Å². The van der Waals surface area contributed by atoms with Gasteiger partial charge in [0.2, 0.25) is 5.91 Å². The molecule has 0 atom stereocenters. The van der Waals surface area contributed by atoms with Gasteiger partial charge in [0, 0.05) is 51.1 Å². The quantitative estimate of drug-likeness (QED) is 0.723. The van der Waals surface area contributed by atoms with E-state index in [0.717, 1.165) is 51.4 Å². The lowest BCUT2D eigenvalue weighted by Gasteiger charge is -2.35. The molecule has 1 N–H and O–H groups in total. The Kier molecular flexibility index (Phi) is 7.72. The van der Waals surface area contributed by atoms with Gasteiger partial charge in [0.1, 0.15) is 0 Å². The van der Waals surface area contributed by atoms with E-state index in [1.54, 1.807) is 0 Å². The molecular weight excluding hydrogens is 302 g/mol. The molecule has 0 aromatic rings. The van der Waals surface area contributed by atoms with Crippen molar-refractivity contribution in [2.45, 2.75) is 33.1 Å². The van der Waals surface area contributed by atoms with Crippen molar-refractivity contribution in [2.24, 2.45) is 4.99 Å². The fraction of sp³-hybridized carbons (Fsp3) is 0.778. The van der Waals surface area contributed by atoms with Crippen LogP contribution in [0.25, 0.3) is 0 Å². The second-order valence-electron chi connectivity index (χ2n) is 6.82. The van der Waals surface area contributed by atoms with Gasteiger partial charge in [0.05, 0.1) is 18.8 Å². The summed E-state index contributed by atoms with van der Waals surface area (Å²) < 4.78 is 0. The molecule has 24 heavy (non-hydrogen) atoms. The zero-order chi connectivity index (χ0) is 17.4. The van der Waals surface area contributed by atoms with Crippen LogP contribution in [0.3, 0.4) is 0 Å². The van der Waals surface area contributed by atoms with Crippen molar-refractivity contribution in [3.05, 3.63) is 11.4 Å². The molecule has 0 aromatic heterocycles. The second kappa shape index (κ2) is 9.79. The van der Waals surface area contributed by atoms with Crippen LogP contribution in [0.15, 0.2) is 16.4 Å². The third kappa shape index (κ3) is 5.91. The Morgan fingerprint density at radius 3 is 2.75 bits per heavy atom. The van der Waals surface area contributed by atoms with Crippen molar-refractivity contribution in [1.29, 1.82) is 0 Å². The Balaban J connectivity index is 1.67. The van der Waals surface area contributed by atoms with Crippen LogP contribution in [0.4, 0.5) is 0 Å². The molecule has 0 bridgehead atoms. The SMILES string of the molecule is CCCCN1CCN(C(=O)CN(C)CCC2=C(C)N=CCN2)CC1. The predicted octanol–water partition coefficient (Wildman–Crippen LogP) is 1.16. The van der Waals surface area contributed by atoms with Gasteiger partial charge in [0.15, 0.2) is 0 Å². The predicted molar refractivity (Wildman–Crippen MR) is 99.2 cm³/mol. The molecule has 6 heteroatoms. The van der Waals surface area contributed by atoms with Crippen LogP contribution in [-0.2, 0) is 4.79 Å². The van der Waals surface area contributed by atoms with Gasteiger partial charge in [-0.3, -0.25) is 19.6 Å². The van der Waals surface area contributed by atoms with E-state index < -0.39 is 0 Å². The number of carbonyl (C=O) groups excluding carboxylic acids is 1. The van der Waals surface area contributed by atoms with E-state index in [-0.39, 0.29) is 5.91 Å². The number of hydrogen-bond acceptors (Lipinski definition) is 5. The Morgan fingerprint density at radius 1 is 1.33 bits per heavy atom. The van der Waals surface area contributed by atoms with Gasteiger partial charge in [-0.2, -0.15) is 0 Å². The number of rotatable bonds is 8. The summed E-state index contributed by atoms with van der Waals surface area (Å²) in [4.78, 5) is 23.4. The zero-order valence-electron chi connectivity index (χ0n) is 15.6. The topological polar surface area (TPSA) is 51.2 Å². The van der Waals surface area contributed by atoms with E-state index in [0.29, 0.717) is 6.54 Å². The summed E-state index contributed by atoms with van der Waals surface area (Å²) >= 11 is 0. The minimum atomic E-state index is 0.257. The summed E-state index contributed by atoms with van der Waals surface area (Å²) in [5, 5.41) is 3.37. The van der Waals surface area contributed by atoms with Gasteiger partial charge >= 0.3 is 0 Å². The molecule has 0 spiro atoms. The number of allylic oxidation sites excluding steroid dienone is 1. The lowest BCUT2D eigenvalue weighted by molar-refractivity contribution is -0.133.